The maximum Gasteiger partial charge on any atom is 0.150 e. The Hall–Kier alpha value is -2.99. The summed E-state index contributed by atoms with van der Waals surface area (Å²) in [6.07, 6.45) is 2.35. The summed E-state index contributed by atoms with van der Waals surface area (Å²) >= 11 is 0. The van der Waals surface area contributed by atoms with E-state index in [0.29, 0.717) is 36.2 Å². The Morgan fingerprint density at radius 1 is 1.07 bits per heavy atom. The number of hydrogen-bond donors (Lipinski definition) is 2. The summed E-state index contributed by atoms with van der Waals surface area (Å²) in [5.74, 6) is -0.474. The number of aryl methyl sites for hydroxylation is 2. The summed E-state index contributed by atoms with van der Waals surface area (Å²) in [6.45, 7) is 4.97. The molecule has 0 atom stereocenters. The van der Waals surface area contributed by atoms with Gasteiger partial charge < -0.3 is 15.5 Å². The molecule has 2 heterocycles. The monoisotopic (exact) mass is 409 g/mol. The standard InChI is InChI=1S/C24H25F2N3O/c1-3-30-21-10-9-17(18-8-7-14(2)28-24(18)21)22-16(6-4-5-11-27)19-12-15(25)13-20(26)23(19)29-22/h7-10,12-13,29H,3-6,11,27H2,1-2H3. The van der Waals surface area contributed by atoms with Gasteiger partial charge in [-0.25, -0.2) is 13.8 Å². The van der Waals surface area contributed by atoms with Crippen molar-refractivity contribution < 1.29 is 13.5 Å². The molecule has 0 unspecified atom stereocenters. The molecule has 2 aromatic carbocycles. The summed E-state index contributed by atoms with van der Waals surface area (Å²) in [5, 5.41) is 1.47. The Labute approximate surface area is 174 Å². The molecule has 0 amide bonds. The fourth-order valence-electron chi connectivity index (χ4n) is 3.99. The predicted octanol–water partition coefficient (Wildman–Crippen LogP) is 5.65. The Bertz CT molecular complexity index is 1220. The maximum absolute atomic E-state index is 14.6. The highest BCUT2D eigenvalue weighted by atomic mass is 19.1. The van der Waals surface area contributed by atoms with Crippen LogP contribution in [0.15, 0.2) is 36.4 Å². The van der Waals surface area contributed by atoms with E-state index in [4.69, 9.17) is 10.5 Å². The average Bonchev–Trinajstić information content (AvgIpc) is 3.07. The van der Waals surface area contributed by atoms with E-state index >= 15 is 0 Å². The lowest BCUT2D eigenvalue weighted by Crippen LogP contribution is -2.00. The number of unbranched alkanes of at least 4 members (excludes halogenated alkanes) is 1. The topological polar surface area (TPSA) is 63.9 Å². The Kier molecular flexibility index (Phi) is 5.68. The minimum atomic E-state index is -0.597. The molecule has 0 aliphatic carbocycles. The van der Waals surface area contributed by atoms with Crippen LogP contribution in [-0.2, 0) is 6.42 Å². The number of benzene rings is 2. The van der Waals surface area contributed by atoms with Gasteiger partial charge in [0.1, 0.15) is 22.9 Å². The Morgan fingerprint density at radius 3 is 2.67 bits per heavy atom. The van der Waals surface area contributed by atoms with Crippen molar-refractivity contribution in [2.24, 2.45) is 5.73 Å². The molecule has 4 nitrogen and oxygen atoms in total. The van der Waals surface area contributed by atoms with E-state index < -0.39 is 11.6 Å². The fraction of sp³-hybridized carbons (Fsp3) is 0.292. The number of nitrogens with zero attached hydrogens (tertiary/aromatic N) is 1. The molecular formula is C24H25F2N3O. The molecule has 0 fully saturated rings. The van der Waals surface area contributed by atoms with E-state index in [2.05, 4.69) is 9.97 Å². The van der Waals surface area contributed by atoms with E-state index in [1.165, 1.54) is 6.07 Å². The van der Waals surface area contributed by atoms with Gasteiger partial charge in [0.2, 0.25) is 0 Å². The number of fused-ring (bicyclic) bond motifs is 2. The molecule has 6 heteroatoms. The Balaban J connectivity index is 1.99. The average molecular weight is 409 g/mol. The van der Waals surface area contributed by atoms with Crippen LogP contribution in [0.5, 0.6) is 5.75 Å². The quantitative estimate of drug-likeness (QED) is 0.388. The Morgan fingerprint density at radius 2 is 1.90 bits per heavy atom. The molecule has 0 aliphatic rings. The van der Waals surface area contributed by atoms with Gasteiger partial charge in [0.05, 0.1) is 17.8 Å². The zero-order valence-corrected chi connectivity index (χ0v) is 17.2. The van der Waals surface area contributed by atoms with E-state index in [0.717, 1.165) is 52.3 Å². The number of hydrogen-bond acceptors (Lipinski definition) is 3. The smallest absolute Gasteiger partial charge is 0.150 e. The largest absolute Gasteiger partial charge is 0.492 e. The lowest BCUT2D eigenvalue weighted by molar-refractivity contribution is 0.343. The normalized spacial score (nSPS) is 11.5. The van der Waals surface area contributed by atoms with Gasteiger partial charge in [-0.15, -0.1) is 0 Å². The molecule has 0 aliphatic heterocycles. The van der Waals surface area contributed by atoms with Crippen molar-refractivity contribution in [3.8, 4) is 17.0 Å². The highest BCUT2D eigenvalue weighted by molar-refractivity contribution is 6.01. The third-order valence-electron chi connectivity index (χ3n) is 5.34. The number of H-pyrrole nitrogens is 1. The van der Waals surface area contributed by atoms with Crippen molar-refractivity contribution in [1.29, 1.82) is 0 Å². The molecule has 0 bridgehead atoms. The van der Waals surface area contributed by atoms with E-state index in [1.807, 2.05) is 38.1 Å². The third kappa shape index (κ3) is 3.63. The number of halogens is 2. The van der Waals surface area contributed by atoms with Crippen LogP contribution in [0, 0.1) is 18.6 Å². The van der Waals surface area contributed by atoms with E-state index in [-0.39, 0.29) is 0 Å². The first-order chi connectivity index (χ1) is 14.5. The number of nitrogens with one attached hydrogen (secondary N) is 1. The van der Waals surface area contributed by atoms with Crippen LogP contribution in [0.2, 0.25) is 0 Å². The van der Waals surface area contributed by atoms with Gasteiger partial charge in [0.15, 0.2) is 0 Å². The van der Waals surface area contributed by atoms with Gasteiger partial charge in [0.25, 0.3) is 0 Å². The van der Waals surface area contributed by atoms with Crippen molar-refractivity contribution in [3.63, 3.8) is 0 Å². The first-order valence-electron chi connectivity index (χ1n) is 10.3. The van der Waals surface area contributed by atoms with Gasteiger partial charge in [-0.3, -0.25) is 0 Å². The second-order valence-corrected chi connectivity index (χ2v) is 7.43. The third-order valence-corrected chi connectivity index (χ3v) is 5.34. The molecule has 4 aromatic rings. The highest BCUT2D eigenvalue weighted by Crippen LogP contribution is 2.39. The molecule has 0 spiro atoms. The molecule has 3 N–H and O–H groups in total. The fourth-order valence-corrected chi connectivity index (χ4v) is 3.99. The van der Waals surface area contributed by atoms with Crippen molar-refractivity contribution in [2.45, 2.75) is 33.1 Å². The minimum absolute atomic E-state index is 0.316. The van der Waals surface area contributed by atoms with Crippen LogP contribution in [0.3, 0.4) is 0 Å². The zero-order valence-electron chi connectivity index (χ0n) is 17.2. The number of aromatic amines is 1. The lowest BCUT2D eigenvalue weighted by atomic mass is 9.97. The van der Waals surface area contributed by atoms with Crippen molar-refractivity contribution in [3.05, 3.63) is 59.3 Å². The maximum atomic E-state index is 14.6. The number of pyridine rings is 1. The lowest BCUT2D eigenvalue weighted by Gasteiger charge is -2.12. The van der Waals surface area contributed by atoms with Gasteiger partial charge in [-0.2, -0.15) is 0 Å². The van der Waals surface area contributed by atoms with Crippen LogP contribution < -0.4 is 10.5 Å². The summed E-state index contributed by atoms with van der Waals surface area (Å²) in [5.41, 5.74) is 10.2. The van der Waals surface area contributed by atoms with Crippen molar-refractivity contribution >= 4 is 21.8 Å². The minimum Gasteiger partial charge on any atom is -0.492 e. The molecule has 0 radical (unpaired) electrons. The molecule has 4 rings (SSSR count). The summed E-state index contributed by atoms with van der Waals surface area (Å²) in [4.78, 5) is 7.90. The summed E-state index contributed by atoms with van der Waals surface area (Å²) < 4.78 is 34.3. The number of ether oxygens (including phenoxy) is 1. The van der Waals surface area contributed by atoms with Gasteiger partial charge in [-0.05, 0) is 69.5 Å². The first kappa shape index (κ1) is 20.3. The highest BCUT2D eigenvalue weighted by Gasteiger charge is 2.19. The van der Waals surface area contributed by atoms with Crippen molar-refractivity contribution in [2.75, 3.05) is 13.2 Å². The predicted molar refractivity (Wildman–Crippen MR) is 117 cm³/mol. The van der Waals surface area contributed by atoms with Crippen LogP contribution >= 0.6 is 0 Å². The number of nitrogens with two attached hydrogens (primary N) is 1. The molecule has 156 valence electrons. The zero-order chi connectivity index (χ0) is 21.3. The number of rotatable bonds is 7. The molecule has 30 heavy (non-hydrogen) atoms. The van der Waals surface area contributed by atoms with Gasteiger partial charge in [-0.1, -0.05) is 6.07 Å². The molecule has 0 saturated carbocycles. The van der Waals surface area contributed by atoms with Crippen LogP contribution in [0.4, 0.5) is 8.78 Å². The molecule has 2 aromatic heterocycles. The molecular weight excluding hydrogens is 384 g/mol. The van der Waals surface area contributed by atoms with Crippen LogP contribution in [0.1, 0.15) is 31.0 Å². The van der Waals surface area contributed by atoms with E-state index in [1.54, 1.807) is 0 Å². The van der Waals surface area contributed by atoms with E-state index in [9.17, 15) is 8.78 Å². The summed E-state index contributed by atoms with van der Waals surface area (Å²) in [7, 11) is 0. The second-order valence-electron chi connectivity index (χ2n) is 7.43. The van der Waals surface area contributed by atoms with Crippen LogP contribution in [0.25, 0.3) is 33.1 Å². The van der Waals surface area contributed by atoms with Gasteiger partial charge in [0, 0.05) is 28.1 Å². The molecule has 0 saturated heterocycles. The second kappa shape index (κ2) is 8.40. The summed E-state index contributed by atoms with van der Waals surface area (Å²) in [6, 6.07) is 10.1. The van der Waals surface area contributed by atoms with Crippen molar-refractivity contribution in [1.82, 2.24) is 9.97 Å². The number of aromatic nitrogens is 2. The SMILES string of the molecule is CCOc1ccc(-c2[nH]c3c(F)cc(F)cc3c2CCCCN)c2ccc(C)nc12. The first-order valence-corrected chi connectivity index (χ1v) is 10.3. The van der Waals surface area contributed by atoms with Crippen LogP contribution in [-0.4, -0.2) is 23.1 Å². The van der Waals surface area contributed by atoms with Gasteiger partial charge >= 0.3 is 0 Å².